The van der Waals surface area contributed by atoms with Crippen molar-refractivity contribution >= 4 is 10.0 Å². The van der Waals surface area contributed by atoms with Gasteiger partial charge in [-0.2, -0.15) is 9.57 Å². The molecule has 21 heavy (non-hydrogen) atoms. The zero-order chi connectivity index (χ0) is 15.6. The van der Waals surface area contributed by atoms with E-state index < -0.39 is 15.8 Å². The molecule has 0 saturated carbocycles. The number of piperidine rings is 1. The van der Waals surface area contributed by atoms with Gasteiger partial charge in [0.25, 0.3) is 0 Å². The van der Waals surface area contributed by atoms with Crippen molar-refractivity contribution < 1.29 is 12.8 Å². The molecular weight excluding hydrogens is 293 g/mol. The van der Waals surface area contributed by atoms with Gasteiger partial charge >= 0.3 is 0 Å². The van der Waals surface area contributed by atoms with Crippen molar-refractivity contribution in [1.82, 2.24) is 4.31 Å². The van der Waals surface area contributed by atoms with E-state index in [1.54, 1.807) is 6.07 Å². The summed E-state index contributed by atoms with van der Waals surface area (Å²) in [5.74, 6) is -0.604. The Labute approximate surface area is 124 Å². The number of halogens is 1. The van der Waals surface area contributed by atoms with E-state index in [1.807, 2.05) is 6.92 Å². The molecule has 1 fully saturated rings. The van der Waals surface area contributed by atoms with E-state index >= 15 is 0 Å². The van der Waals surface area contributed by atoms with Gasteiger partial charge in [0.1, 0.15) is 11.9 Å². The molecule has 1 saturated heterocycles. The molecule has 0 bridgehead atoms. The molecule has 2 unspecified atom stereocenters. The number of nitrogens with two attached hydrogens (primary N) is 1. The molecule has 0 radical (unpaired) electrons. The highest BCUT2D eigenvalue weighted by Crippen LogP contribution is 2.25. The van der Waals surface area contributed by atoms with E-state index in [1.165, 1.54) is 10.4 Å². The third-order valence-electron chi connectivity index (χ3n) is 3.98. The van der Waals surface area contributed by atoms with E-state index in [-0.39, 0.29) is 22.4 Å². The zero-order valence-corrected chi connectivity index (χ0v) is 12.6. The SMILES string of the molecule is CCC1CN(S(=O)(=O)c2ccc(F)c(C#N)c2)CCC1N. The van der Waals surface area contributed by atoms with Crippen LogP contribution in [0.15, 0.2) is 23.1 Å². The molecule has 114 valence electrons. The van der Waals surface area contributed by atoms with Gasteiger partial charge in [0.05, 0.1) is 10.5 Å². The minimum absolute atomic E-state index is 0.00402. The smallest absolute Gasteiger partial charge is 0.243 e. The summed E-state index contributed by atoms with van der Waals surface area (Å²) in [7, 11) is -3.72. The molecule has 7 heteroatoms. The second-order valence-electron chi connectivity index (χ2n) is 5.24. The Balaban J connectivity index is 2.32. The molecule has 2 N–H and O–H groups in total. The number of benzene rings is 1. The first kappa shape index (κ1) is 15.9. The molecule has 1 aromatic rings. The van der Waals surface area contributed by atoms with Crippen LogP contribution < -0.4 is 5.73 Å². The molecule has 5 nitrogen and oxygen atoms in total. The van der Waals surface area contributed by atoms with Crippen molar-refractivity contribution in [1.29, 1.82) is 5.26 Å². The topological polar surface area (TPSA) is 87.2 Å². The van der Waals surface area contributed by atoms with Crippen molar-refractivity contribution in [3.63, 3.8) is 0 Å². The van der Waals surface area contributed by atoms with E-state index in [4.69, 9.17) is 11.0 Å². The van der Waals surface area contributed by atoms with Gasteiger partial charge in [-0.05, 0) is 30.5 Å². The largest absolute Gasteiger partial charge is 0.327 e. The fourth-order valence-corrected chi connectivity index (χ4v) is 4.11. The number of hydrogen-bond acceptors (Lipinski definition) is 4. The highest BCUT2D eigenvalue weighted by molar-refractivity contribution is 7.89. The number of hydrogen-bond donors (Lipinski definition) is 1. The molecule has 1 aromatic carbocycles. The minimum atomic E-state index is -3.72. The average Bonchev–Trinajstić information content (AvgIpc) is 2.47. The predicted molar refractivity (Wildman–Crippen MR) is 76.2 cm³/mol. The lowest BCUT2D eigenvalue weighted by Gasteiger charge is -2.35. The van der Waals surface area contributed by atoms with Crippen LogP contribution in [-0.4, -0.2) is 31.9 Å². The van der Waals surface area contributed by atoms with E-state index in [0.717, 1.165) is 18.6 Å². The Kier molecular flexibility index (Phi) is 4.61. The Morgan fingerprint density at radius 3 is 2.86 bits per heavy atom. The highest BCUT2D eigenvalue weighted by atomic mass is 32.2. The maximum atomic E-state index is 13.3. The summed E-state index contributed by atoms with van der Waals surface area (Å²) in [6.07, 6.45) is 1.41. The average molecular weight is 311 g/mol. The fourth-order valence-electron chi connectivity index (χ4n) is 2.57. The molecule has 0 spiro atoms. The lowest BCUT2D eigenvalue weighted by molar-refractivity contribution is 0.230. The first-order chi connectivity index (χ1) is 9.90. The van der Waals surface area contributed by atoms with E-state index in [9.17, 15) is 12.8 Å². The Hall–Kier alpha value is -1.49. The van der Waals surface area contributed by atoms with Crippen molar-refractivity contribution in [3.05, 3.63) is 29.6 Å². The van der Waals surface area contributed by atoms with Crippen molar-refractivity contribution in [2.75, 3.05) is 13.1 Å². The number of nitriles is 1. The molecule has 1 aliphatic rings. The van der Waals surface area contributed by atoms with Crippen molar-refractivity contribution in [2.24, 2.45) is 11.7 Å². The Morgan fingerprint density at radius 2 is 2.24 bits per heavy atom. The second kappa shape index (κ2) is 6.10. The van der Waals surface area contributed by atoms with E-state index in [2.05, 4.69) is 0 Å². The van der Waals surface area contributed by atoms with Gasteiger partial charge < -0.3 is 5.73 Å². The Bertz CT molecular complexity index is 669. The minimum Gasteiger partial charge on any atom is -0.327 e. The molecule has 1 aliphatic heterocycles. The maximum Gasteiger partial charge on any atom is 0.243 e. The molecule has 2 atom stereocenters. The monoisotopic (exact) mass is 311 g/mol. The fraction of sp³-hybridized carbons (Fsp3) is 0.500. The first-order valence-electron chi connectivity index (χ1n) is 6.85. The van der Waals surface area contributed by atoms with Gasteiger partial charge in [0.15, 0.2) is 0 Å². The van der Waals surface area contributed by atoms with Crippen LogP contribution in [0.25, 0.3) is 0 Å². The van der Waals surface area contributed by atoms with Crippen LogP contribution in [0.5, 0.6) is 0 Å². The van der Waals surface area contributed by atoms with Crippen LogP contribution in [0.2, 0.25) is 0 Å². The number of rotatable bonds is 3. The lowest BCUT2D eigenvalue weighted by Crippen LogP contribution is -2.48. The number of nitrogens with zero attached hydrogens (tertiary/aromatic N) is 2. The third-order valence-corrected chi connectivity index (χ3v) is 5.84. The molecule has 0 aromatic heterocycles. The van der Waals surface area contributed by atoms with Gasteiger partial charge in [-0.1, -0.05) is 13.3 Å². The van der Waals surface area contributed by atoms with Gasteiger partial charge in [-0.15, -0.1) is 0 Å². The van der Waals surface area contributed by atoms with Crippen LogP contribution in [0.4, 0.5) is 4.39 Å². The summed E-state index contributed by atoms with van der Waals surface area (Å²) in [4.78, 5) is -0.0502. The summed E-state index contributed by atoms with van der Waals surface area (Å²) in [5, 5.41) is 8.82. The van der Waals surface area contributed by atoms with Gasteiger partial charge in [-0.3, -0.25) is 0 Å². The summed E-state index contributed by atoms with van der Waals surface area (Å²) in [6.45, 7) is 2.69. The lowest BCUT2D eigenvalue weighted by atomic mass is 9.92. The molecular formula is C14H18FN3O2S. The summed E-state index contributed by atoms with van der Waals surface area (Å²) >= 11 is 0. The molecule has 0 aliphatic carbocycles. The second-order valence-corrected chi connectivity index (χ2v) is 7.18. The summed E-state index contributed by atoms with van der Waals surface area (Å²) < 4.78 is 39.9. The normalized spacial score (nSPS) is 23.7. The van der Waals surface area contributed by atoms with Gasteiger partial charge in [0, 0.05) is 19.1 Å². The van der Waals surface area contributed by atoms with Gasteiger partial charge in [-0.25, -0.2) is 12.8 Å². The van der Waals surface area contributed by atoms with Crippen LogP contribution in [0.1, 0.15) is 25.3 Å². The summed E-state index contributed by atoms with van der Waals surface area (Å²) in [5.41, 5.74) is 5.72. The standard InChI is InChI=1S/C14H18FN3O2S/c1-2-10-9-18(6-5-14(10)17)21(19,20)12-3-4-13(15)11(7-12)8-16/h3-4,7,10,14H,2,5-6,9,17H2,1H3. The van der Waals surface area contributed by atoms with Crippen LogP contribution in [0, 0.1) is 23.1 Å². The van der Waals surface area contributed by atoms with Crippen LogP contribution in [0.3, 0.4) is 0 Å². The van der Waals surface area contributed by atoms with Gasteiger partial charge in [0.2, 0.25) is 10.0 Å². The maximum absolute atomic E-state index is 13.3. The first-order valence-corrected chi connectivity index (χ1v) is 8.29. The quantitative estimate of drug-likeness (QED) is 0.915. The highest BCUT2D eigenvalue weighted by Gasteiger charge is 2.33. The molecule has 2 rings (SSSR count). The van der Waals surface area contributed by atoms with Crippen LogP contribution >= 0.6 is 0 Å². The predicted octanol–water partition coefficient (Wildman–Crippen LogP) is 1.45. The summed E-state index contributed by atoms with van der Waals surface area (Å²) in [6, 6.07) is 4.95. The Morgan fingerprint density at radius 1 is 1.52 bits per heavy atom. The zero-order valence-electron chi connectivity index (χ0n) is 11.8. The molecule has 1 heterocycles. The van der Waals surface area contributed by atoms with E-state index in [0.29, 0.717) is 19.5 Å². The van der Waals surface area contributed by atoms with Crippen LogP contribution in [-0.2, 0) is 10.0 Å². The number of sulfonamides is 1. The molecule has 0 amide bonds. The van der Waals surface area contributed by atoms with Crippen molar-refractivity contribution in [2.45, 2.75) is 30.7 Å². The van der Waals surface area contributed by atoms with Crippen molar-refractivity contribution in [3.8, 4) is 6.07 Å². The third kappa shape index (κ3) is 3.07.